The van der Waals surface area contributed by atoms with Crippen molar-refractivity contribution in [3.63, 3.8) is 0 Å². The van der Waals surface area contributed by atoms with Crippen molar-refractivity contribution in [1.82, 2.24) is 0 Å². The third-order valence-electron chi connectivity index (χ3n) is 11.1. The number of allylic oxidation sites excluding steroid dienone is 3. The van der Waals surface area contributed by atoms with Gasteiger partial charge in [-0.15, -0.1) is 0 Å². The van der Waals surface area contributed by atoms with Gasteiger partial charge in [0.2, 0.25) is 0 Å². The van der Waals surface area contributed by atoms with Gasteiger partial charge in [-0.3, -0.25) is 4.79 Å². The van der Waals surface area contributed by atoms with E-state index in [4.69, 9.17) is 9.47 Å². The third kappa shape index (κ3) is 3.74. The van der Waals surface area contributed by atoms with E-state index in [0.717, 1.165) is 50.5 Å². The Kier molecular flexibility index (Phi) is 6.27. The molecule has 0 radical (unpaired) electrons. The van der Waals surface area contributed by atoms with Crippen molar-refractivity contribution >= 4 is 5.78 Å². The average Bonchev–Trinajstić information content (AvgIpc) is 3.24. The molecule has 3 fully saturated rings. The number of rotatable bonds is 6. The molecule has 2 saturated carbocycles. The van der Waals surface area contributed by atoms with Crippen LogP contribution in [0.2, 0.25) is 0 Å². The highest BCUT2D eigenvalue weighted by atomic mass is 16.7. The Balaban J connectivity index is 1.50. The van der Waals surface area contributed by atoms with Crippen molar-refractivity contribution in [2.75, 3.05) is 6.61 Å². The van der Waals surface area contributed by atoms with Crippen LogP contribution in [0.3, 0.4) is 0 Å². The van der Waals surface area contributed by atoms with Crippen LogP contribution in [0, 0.1) is 34.0 Å². The van der Waals surface area contributed by atoms with E-state index in [2.05, 4.69) is 33.8 Å². The largest absolute Gasteiger partial charge is 0.395 e. The van der Waals surface area contributed by atoms with Gasteiger partial charge in [-0.2, -0.15) is 0 Å². The van der Waals surface area contributed by atoms with E-state index in [1.54, 1.807) is 0 Å². The molecule has 5 heteroatoms. The molecule has 5 rings (SSSR count). The van der Waals surface area contributed by atoms with Crippen LogP contribution in [0.4, 0.5) is 0 Å². The quantitative estimate of drug-likeness (QED) is 0.487. The molecule has 0 bridgehead atoms. The number of ketones is 1. The number of carbonyl (C=O) groups excluding carboxylic acids is 1. The standard InChI is InChI=1S/C31H48O5/c1-19(2)9-8-12-30(7,34)26-11-14-31(18-32)21-15-23(33)22-16-24-25(36-27(3,4)35-24)17-28(22,5)20(21)10-13-29(26,31)6/h10,15,19,22,24-26,32,34H,8-9,11-14,16-18H2,1-7H3/t22?,24?,25?,26?,28?,29?,30-,31?/m0/s1. The average molecular weight is 501 g/mol. The van der Waals surface area contributed by atoms with E-state index in [9.17, 15) is 15.0 Å². The first-order chi connectivity index (χ1) is 16.7. The minimum Gasteiger partial charge on any atom is -0.395 e. The van der Waals surface area contributed by atoms with Gasteiger partial charge in [0.1, 0.15) is 0 Å². The highest BCUT2D eigenvalue weighted by Gasteiger charge is 2.67. The second kappa shape index (κ2) is 8.49. The molecule has 8 atom stereocenters. The van der Waals surface area contributed by atoms with Crippen LogP contribution in [0.5, 0.6) is 0 Å². The number of carbonyl (C=O) groups is 1. The number of fused-ring (bicyclic) bond motifs is 6. The zero-order valence-corrected chi connectivity index (χ0v) is 23.5. The molecule has 7 unspecified atom stereocenters. The normalized spacial score (nSPS) is 44.8. The van der Waals surface area contributed by atoms with Crippen LogP contribution in [0.15, 0.2) is 23.3 Å². The summed E-state index contributed by atoms with van der Waals surface area (Å²) >= 11 is 0. The molecule has 0 amide bonds. The molecule has 1 heterocycles. The predicted molar refractivity (Wildman–Crippen MR) is 140 cm³/mol. The Hall–Kier alpha value is -1.01. The summed E-state index contributed by atoms with van der Waals surface area (Å²) in [4.78, 5) is 13.7. The molecule has 0 aromatic carbocycles. The molecule has 4 aliphatic carbocycles. The fourth-order valence-electron chi connectivity index (χ4n) is 9.24. The van der Waals surface area contributed by atoms with Gasteiger partial charge in [-0.25, -0.2) is 0 Å². The fourth-order valence-corrected chi connectivity index (χ4v) is 9.24. The van der Waals surface area contributed by atoms with Crippen molar-refractivity contribution in [3.05, 3.63) is 23.3 Å². The van der Waals surface area contributed by atoms with Crippen molar-refractivity contribution in [2.45, 2.75) is 123 Å². The maximum atomic E-state index is 13.7. The molecule has 5 aliphatic rings. The zero-order chi connectivity index (χ0) is 26.3. The summed E-state index contributed by atoms with van der Waals surface area (Å²) in [6, 6.07) is 0. The molecular weight excluding hydrogens is 452 g/mol. The molecule has 0 spiro atoms. The monoisotopic (exact) mass is 500 g/mol. The summed E-state index contributed by atoms with van der Waals surface area (Å²) < 4.78 is 12.5. The highest BCUT2D eigenvalue weighted by Crippen LogP contribution is 2.71. The maximum Gasteiger partial charge on any atom is 0.163 e. The van der Waals surface area contributed by atoms with Crippen LogP contribution >= 0.6 is 0 Å². The Morgan fingerprint density at radius 1 is 1.14 bits per heavy atom. The molecular formula is C31H48O5. The van der Waals surface area contributed by atoms with Crippen LogP contribution in [-0.4, -0.2) is 46.2 Å². The van der Waals surface area contributed by atoms with E-state index in [1.807, 2.05) is 26.8 Å². The molecule has 0 aromatic rings. The van der Waals surface area contributed by atoms with Gasteiger partial charge in [0, 0.05) is 16.7 Å². The zero-order valence-electron chi connectivity index (χ0n) is 23.5. The lowest BCUT2D eigenvalue weighted by atomic mass is 9.46. The first-order valence-corrected chi connectivity index (χ1v) is 14.3. The van der Waals surface area contributed by atoms with E-state index in [-0.39, 0.29) is 47.3 Å². The number of aliphatic hydroxyl groups excluding tert-OH is 1. The highest BCUT2D eigenvalue weighted by molar-refractivity contribution is 5.96. The number of hydrogen-bond acceptors (Lipinski definition) is 5. The molecule has 2 N–H and O–H groups in total. The lowest BCUT2D eigenvalue weighted by molar-refractivity contribution is -0.146. The van der Waals surface area contributed by atoms with Crippen LogP contribution in [0.1, 0.15) is 99.8 Å². The molecule has 1 saturated heterocycles. The SMILES string of the molecule is CC(C)CCC[C@](C)(O)C1CCC2(CO)C3=CC(=O)C4CC5OC(C)(C)OC5CC4(C)C3=CCC12C. The predicted octanol–water partition coefficient (Wildman–Crippen LogP) is 5.73. The van der Waals surface area contributed by atoms with Crippen molar-refractivity contribution in [1.29, 1.82) is 0 Å². The van der Waals surface area contributed by atoms with Gasteiger partial charge in [-0.05, 0) is 93.8 Å². The smallest absolute Gasteiger partial charge is 0.163 e. The van der Waals surface area contributed by atoms with Gasteiger partial charge < -0.3 is 19.7 Å². The molecule has 202 valence electrons. The van der Waals surface area contributed by atoms with Gasteiger partial charge in [0.15, 0.2) is 11.6 Å². The summed E-state index contributed by atoms with van der Waals surface area (Å²) in [5, 5.41) is 22.8. The summed E-state index contributed by atoms with van der Waals surface area (Å²) in [6.45, 7) is 14.9. The Bertz CT molecular complexity index is 975. The minimum absolute atomic E-state index is 0.0119. The van der Waals surface area contributed by atoms with Crippen LogP contribution in [0.25, 0.3) is 0 Å². The van der Waals surface area contributed by atoms with Gasteiger partial charge in [-0.1, -0.05) is 46.6 Å². The topological polar surface area (TPSA) is 76.0 Å². The summed E-state index contributed by atoms with van der Waals surface area (Å²) in [5.74, 6) is 0.123. The van der Waals surface area contributed by atoms with Crippen molar-refractivity contribution in [2.24, 2.45) is 34.0 Å². The van der Waals surface area contributed by atoms with Crippen LogP contribution < -0.4 is 0 Å². The maximum absolute atomic E-state index is 13.7. The molecule has 0 aromatic heterocycles. The van der Waals surface area contributed by atoms with Crippen molar-refractivity contribution < 1.29 is 24.5 Å². The molecule has 5 nitrogen and oxygen atoms in total. The fraction of sp³-hybridized carbons (Fsp3) is 0.839. The van der Waals surface area contributed by atoms with Crippen LogP contribution in [-0.2, 0) is 14.3 Å². The van der Waals surface area contributed by atoms with E-state index >= 15 is 0 Å². The second-order valence-corrected chi connectivity index (χ2v) is 14.3. The number of hydrogen-bond donors (Lipinski definition) is 2. The lowest BCUT2D eigenvalue weighted by Gasteiger charge is -2.58. The third-order valence-corrected chi connectivity index (χ3v) is 11.1. The van der Waals surface area contributed by atoms with Gasteiger partial charge >= 0.3 is 0 Å². The number of ether oxygens (including phenoxy) is 2. The van der Waals surface area contributed by atoms with Crippen molar-refractivity contribution in [3.8, 4) is 0 Å². The second-order valence-electron chi connectivity index (χ2n) is 14.3. The Morgan fingerprint density at radius 2 is 1.83 bits per heavy atom. The van der Waals surface area contributed by atoms with E-state index < -0.39 is 16.8 Å². The molecule has 1 aliphatic heterocycles. The lowest BCUT2D eigenvalue weighted by Crippen LogP contribution is -2.56. The molecule has 36 heavy (non-hydrogen) atoms. The van der Waals surface area contributed by atoms with Gasteiger partial charge in [0.25, 0.3) is 0 Å². The van der Waals surface area contributed by atoms with E-state index in [0.29, 0.717) is 12.3 Å². The Labute approximate surface area is 217 Å². The Morgan fingerprint density at radius 3 is 2.50 bits per heavy atom. The number of aliphatic hydroxyl groups is 2. The summed E-state index contributed by atoms with van der Waals surface area (Å²) in [5.41, 5.74) is 0.360. The minimum atomic E-state index is -0.795. The van der Waals surface area contributed by atoms with Gasteiger partial charge in [0.05, 0.1) is 24.4 Å². The summed E-state index contributed by atoms with van der Waals surface area (Å²) in [6.07, 6.45) is 11.0. The first kappa shape index (κ1) is 26.6. The first-order valence-electron chi connectivity index (χ1n) is 14.3. The summed E-state index contributed by atoms with van der Waals surface area (Å²) in [7, 11) is 0. The van der Waals surface area contributed by atoms with E-state index in [1.165, 1.54) is 5.57 Å².